The van der Waals surface area contributed by atoms with Crippen molar-refractivity contribution in [3.05, 3.63) is 119 Å². The molecule has 282 valence electrons. The Kier molecular flexibility index (Phi) is 9.57. The molecule has 0 atom stereocenters. The zero-order chi connectivity index (χ0) is 39.8. The van der Waals surface area contributed by atoms with Gasteiger partial charge in [-0.15, -0.1) is 0 Å². The fourth-order valence-electron chi connectivity index (χ4n) is 7.32. The minimum atomic E-state index is -0.173. The summed E-state index contributed by atoms with van der Waals surface area (Å²) in [6.45, 7) is 34.3. The highest BCUT2D eigenvalue weighted by molar-refractivity contribution is 5.98. The summed E-state index contributed by atoms with van der Waals surface area (Å²) in [5.41, 5.74) is 13.6. The minimum Gasteiger partial charge on any atom is -0.507 e. The highest BCUT2D eigenvalue weighted by Gasteiger charge is 2.31. The topological polar surface area (TPSA) is 50.9 Å². The molecule has 6 aromatic rings. The maximum absolute atomic E-state index is 11.5. The van der Waals surface area contributed by atoms with Gasteiger partial charge in [0.2, 0.25) is 0 Å². The van der Waals surface area contributed by atoms with E-state index >= 15 is 0 Å². The first-order chi connectivity index (χ1) is 24.9. The summed E-state index contributed by atoms with van der Waals surface area (Å²) >= 11 is 0. The SMILES string of the molecule is CC(C)(C)c1cc(-n2c(-c3ccccc3O)nc3c(-c4cc(-c5ccccn5)c(C(C)(C)C)cc4C(C)(C)C)cc(C(C)(C)C)cc32)cc(C(C)(C)C)c1. The van der Waals surface area contributed by atoms with E-state index in [1.165, 1.54) is 27.8 Å². The van der Waals surface area contributed by atoms with Crippen molar-refractivity contribution in [1.82, 2.24) is 14.5 Å². The number of imidazole rings is 1. The molecule has 0 spiro atoms. The molecule has 4 nitrogen and oxygen atoms in total. The van der Waals surface area contributed by atoms with Gasteiger partial charge >= 0.3 is 0 Å². The number of hydrogen-bond donors (Lipinski definition) is 1. The monoisotopic (exact) mass is 719 g/mol. The molecule has 1 N–H and O–H groups in total. The smallest absolute Gasteiger partial charge is 0.149 e. The molecule has 4 aromatic carbocycles. The Balaban J connectivity index is 1.85. The zero-order valence-corrected chi connectivity index (χ0v) is 35.4. The first-order valence-corrected chi connectivity index (χ1v) is 19.5. The highest BCUT2D eigenvalue weighted by Crippen LogP contribution is 2.46. The van der Waals surface area contributed by atoms with Crippen LogP contribution < -0.4 is 0 Å². The van der Waals surface area contributed by atoms with E-state index in [0.717, 1.165) is 44.9 Å². The fourth-order valence-corrected chi connectivity index (χ4v) is 7.32. The van der Waals surface area contributed by atoms with Gasteiger partial charge in [0.1, 0.15) is 11.6 Å². The summed E-state index contributed by atoms with van der Waals surface area (Å²) in [6.07, 6.45) is 1.88. The minimum absolute atomic E-state index is 0.0819. The lowest BCUT2D eigenvalue weighted by molar-refractivity contribution is 0.477. The molecule has 2 heterocycles. The van der Waals surface area contributed by atoms with Crippen LogP contribution in [0.25, 0.3) is 50.5 Å². The molecule has 2 aromatic heterocycles. The van der Waals surface area contributed by atoms with Crippen LogP contribution in [0.2, 0.25) is 0 Å². The van der Waals surface area contributed by atoms with Crippen molar-refractivity contribution in [1.29, 1.82) is 0 Å². The Morgan fingerprint density at radius 3 is 1.54 bits per heavy atom. The molecular formula is C50H61N3O. The molecule has 0 amide bonds. The van der Waals surface area contributed by atoms with Crippen LogP contribution in [0.4, 0.5) is 0 Å². The fraction of sp³-hybridized carbons (Fsp3) is 0.400. The summed E-state index contributed by atoms with van der Waals surface area (Å²) in [4.78, 5) is 10.5. The van der Waals surface area contributed by atoms with Crippen molar-refractivity contribution in [2.45, 2.75) is 131 Å². The van der Waals surface area contributed by atoms with Crippen molar-refractivity contribution in [3.63, 3.8) is 0 Å². The zero-order valence-electron chi connectivity index (χ0n) is 35.4. The van der Waals surface area contributed by atoms with Gasteiger partial charge in [-0.2, -0.15) is 0 Å². The number of aromatic hydroxyl groups is 1. The first kappa shape index (κ1) is 39.0. The summed E-state index contributed by atoms with van der Waals surface area (Å²) in [6, 6.07) is 30.3. The maximum Gasteiger partial charge on any atom is 0.149 e. The Morgan fingerprint density at radius 1 is 0.481 bits per heavy atom. The molecule has 0 saturated carbocycles. The van der Waals surface area contributed by atoms with Crippen LogP contribution in [0.15, 0.2) is 91.1 Å². The molecule has 0 saturated heterocycles. The van der Waals surface area contributed by atoms with Crippen molar-refractivity contribution < 1.29 is 5.11 Å². The van der Waals surface area contributed by atoms with Gasteiger partial charge in [-0.1, -0.05) is 134 Å². The van der Waals surface area contributed by atoms with Crippen LogP contribution in [-0.2, 0) is 27.1 Å². The summed E-state index contributed by atoms with van der Waals surface area (Å²) < 4.78 is 2.30. The Morgan fingerprint density at radius 2 is 1.02 bits per heavy atom. The molecule has 6 rings (SSSR count). The Hall–Kier alpha value is -4.70. The molecule has 4 heteroatoms. The van der Waals surface area contributed by atoms with E-state index in [1.54, 1.807) is 6.07 Å². The lowest BCUT2D eigenvalue weighted by Crippen LogP contribution is -2.19. The standard InChI is InChI=1S/C50H61N3O/c1-46(2,3)31-24-32(47(4,5)6)26-34(25-31)53-42-28-33(48(7,8)9)27-37(44(42)52-45(53)35-20-16-17-22-43(35)54)36-29-38(41-21-18-19-23-51-41)40(50(13,14)15)30-39(36)49(10,11)12/h16-30,54H,1-15H3. The summed E-state index contributed by atoms with van der Waals surface area (Å²) in [5, 5.41) is 11.5. The number of phenols is 1. The number of rotatable bonds is 4. The van der Waals surface area contributed by atoms with Crippen LogP contribution in [-0.4, -0.2) is 19.6 Å². The van der Waals surface area contributed by atoms with Gasteiger partial charge in [-0.05, 0) is 115 Å². The van der Waals surface area contributed by atoms with Crippen LogP contribution in [0.1, 0.15) is 132 Å². The number of nitrogens with zero attached hydrogens (tertiary/aromatic N) is 3. The van der Waals surface area contributed by atoms with Crippen molar-refractivity contribution in [2.75, 3.05) is 0 Å². The number of phenolic OH excluding ortho intramolecular Hbond substituents is 1. The third-order valence-electron chi connectivity index (χ3n) is 10.7. The van der Waals surface area contributed by atoms with Gasteiger partial charge in [-0.25, -0.2) is 4.98 Å². The van der Waals surface area contributed by atoms with Crippen LogP contribution in [0.3, 0.4) is 0 Å². The number of aromatic nitrogens is 3. The van der Waals surface area contributed by atoms with Gasteiger partial charge < -0.3 is 5.11 Å². The Labute approximate surface area is 324 Å². The molecule has 0 bridgehead atoms. The van der Waals surface area contributed by atoms with Gasteiger partial charge in [0.15, 0.2) is 0 Å². The quantitative estimate of drug-likeness (QED) is 0.197. The van der Waals surface area contributed by atoms with Gasteiger partial charge in [0.05, 0.1) is 22.3 Å². The molecule has 0 unspecified atom stereocenters. The molecule has 0 aliphatic rings. The van der Waals surface area contributed by atoms with E-state index in [2.05, 4.69) is 163 Å². The third-order valence-corrected chi connectivity index (χ3v) is 10.7. The van der Waals surface area contributed by atoms with Crippen LogP contribution in [0.5, 0.6) is 5.75 Å². The predicted octanol–water partition coefficient (Wildman–Crippen LogP) is 13.6. The highest BCUT2D eigenvalue weighted by atomic mass is 16.3. The van der Waals surface area contributed by atoms with Crippen LogP contribution in [0, 0.1) is 0 Å². The second-order valence-electron chi connectivity index (χ2n) is 20.4. The second-order valence-corrected chi connectivity index (χ2v) is 20.4. The molecular weight excluding hydrogens is 659 g/mol. The first-order valence-electron chi connectivity index (χ1n) is 19.5. The van der Waals surface area contributed by atoms with Crippen molar-refractivity contribution in [2.24, 2.45) is 0 Å². The Bertz CT molecular complexity index is 2310. The molecule has 0 aliphatic carbocycles. The second kappa shape index (κ2) is 13.3. The molecule has 0 radical (unpaired) electrons. The van der Waals surface area contributed by atoms with E-state index in [0.29, 0.717) is 5.56 Å². The lowest BCUT2D eigenvalue weighted by Gasteiger charge is -2.31. The van der Waals surface area contributed by atoms with Crippen molar-refractivity contribution in [3.8, 4) is 45.2 Å². The van der Waals surface area contributed by atoms with Gasteiger partial charge in [0.25, 0.3) is 0 Å². The molecule has 0 fully saturated rings. The predicted molar refractivity (Wildman–Crippen MR) is 230 cm³/mol. The number of para-hydroxylation sites is 1. The number of benzene rings is 4. The number of hydrogen-bond acceptors (Lipinski definition) is 3. The number of fused-ring (bicyclic) bond motifs is 1. The third kappa shape index (κ3) is 7.50. The largest absolute Gasteiger partial charge is 0.507 e. The van der Waals surface area contributed by atoms with Gasteiger partial charge in [0, 0.05) is 23.0 Å². The average molecular weight is 720 g/mol. The van der Waals surface area contributed by atoms with E-state index in [9.17, 15) is 5.11 Å². The van der Waals surface area contributed by atoms with E-state index in [-0.39, 0.29) is 32.8 Å². The lowest BCUT2D eigenvalue weighted by atomic mass is 9.74. The summed E-state index contributed by atoms with van der Waals surface area (Å²) in [5.74, 6) is 0.923. The normalized spacial score (nSPS) is 13.2. The van der Waals surface area contributed by atoms with Crippen molar-refractivity contribution >= 4 is 11.0 Å². The van der Waals surface area contributed by atoms with E-state index in [1.807, 2.05) is 30.5 Å². The van der Waals surface area contributed by atoms with E-state index < -0.39 is 0 Å². The van der Waals surface area contributed by atoms with Gasteiger partial charge in [-0.3, -0.25) is 9.55 Å². The summed E-state index contributed by atoms with van der Waals surface area (Å²) in [7, 11) is 0. The number of pyridine rings is 1. The van der Waals surface area contributed by atoms with E-state index in [4.69, 9.17) is 9.97 Å². The molecule has 0 aliphatic heterocycles. The molecule has 54 heavy (non-hydrogen) atoms. The van der Waals surface area contributed by atoms with Crippen LogP contribution >= 0.6 is 0 Å². The average Bonchev–Trinajstić information content (AvgIpc) is 3.45. The maximum atomic E-state index is 11.5.